The molecule has 170 valence electrons. The number of nitrogens with zero attached hydrogens (tertiary/aromatic N) is 3. The largest absolute Gasteiger partial charge is 0.497 e. The topological polar surface area (TPSA) is 125 Å². The molecule has 5 rings (SSSR count). The molecule has 3 heterocycles. The Morgan fingerprint density at radius 3 is 2.56 bits per heavy atom. The van der Waals surface area contributed by atoms with Crippen LogP contribution in [0.2, 0.25) is 0 Å². The van der Waals surface area contributed by atoms with E-state index < -0.39 is 17.8 Å². The van der Waals surface area contributed by atoms with E-state index in [4.69, 9.17) is 18.4 Å². The summed E-state index contributed by atoms with van der Waals surface area (Å²) in [6.45, 7) is -0.247. The lowest BCUT2D eigenvalue weighted by molar-refractivity contribution is 0.0429. The summed E-state index contributed by atoms with van der Waals surface area (Å²) in [5.74, 6) is -0.0389. The van der Waals surface area contributed by atoms with Crippen molar-refractivity contribution < 1.29 is 32.8 Å². The number of carbonyl (C=O) groups excluding carboxylic acids is 3. The van der Waals surface area contributed by atoms with Gasteiger partial charge in [-0.15, -0.1) is 0 Å². The van der Waals surface area contributed by atoms with Crippen molar-refractivity contribution in [2.75, 3.05) is 7.11 Å². The van der Waals surface area contributed by atoms with Crippen LogP contribution in [0.15, 0.2) is 69.8 Å². The minimum atomic E-state index is -0.697. The number of methoxy groups -OCH3 is 1. The van der Waals surface area contributed by atoms with Crippen LogP contribution < -0.4 is 4.74 Å². The van der Waals surface area contributed by atoms with Crippen LogP contribution in [0.5, 0.6) is 5.75 Å². The van der Waals surface area contributed by atoms with E-state index in [2.05, 4.69) is 10.1 Å². The molecule has 0 spiro atoms. The van der Waals surface area contributed by atoms with Crippen molar-refractivity contribution in [2.45, 2.75) is 13.2 Å². The SMILES string of the molecule is COc1ccc(-c2noc(COC(=O)c3ccc4c(c3)C(=O)N(Cc3ccco3)C4=O)n2)cc1. The number of imide groups is 1. The zero-order valence-electron chi connectivity index (χ0n) is 17.9. The maximum atomic E-state index is 12.7. The molecule has 2 aromatic heterocycles. The molecule has 0 saturated carbocycles. The van der Waals surface area contributed by atoms with Crippen molar-refractivity contribution in [1.82, 2.24) is 15.0 Å². The molecule has 1 aliphatic rings. The Hall–Kier alpha value is -4.73. The maximum Gasteiger partial charge on any atom is 0.338 e. The van der Waals surface area contributed by atoms with Crippen LogP contribution in [-0.4, -0.2) is 39.9 Å². The van der Waals surface area contributed by atoms with Gasteiger partial charge < -0.3 is 18.4 Å². The lowest BCUT2D eigenvalue weighted by Gasteiger charge is -2.11. The number of furan rings is 1. The molecule has 0 atom stereocenters. The Kier molecular flexibility index (Phi) is 5.38. The molecule has 2 aromatic carbocycles. The van der Waals surface area contributed by atoms with Crippen molar-refractivity contribution in [2.24, 2.45) is 0 Å². The summed E-state index contributed by atoms with van der Waals surface area (Å²) in [4.78, 5) is 43.2. The fourth-order valence-corrected chi connectivity index (χ4v) is 3.50. The first-order chi connectivity index (χ1) is 16.5. The first kappa shape index (κ1) is 21.1. The molecule has 1 aliphatic heterocycles. The number of ether oxygens (including phenoxy) is 2. The van der Waals surface area contributed by atoms with Gasteiger partial charge in [-0.2, -0.15) is 4.98 Å². The summed E-state index contributed by atoms with van der Waals surface area (Å²) >= 11 is 0. The molecule has 0 unspecified atom stereocenters. The Labute approximate surface area is 192 Å². The Balaban J connectivity index is 1.25. The summed E-state index contributed by atoms with van der Waals surface area (Å²) in [5, 5.41) is 3.88. The average molecular weight is 459 g/mol. The molecule has 10 heteroatoms. The monoisotopic (exact) mass is 459 g/mol. The molecule has 0 bridgehead atoms. The van der Waals surface area contributed by atoms with E-state index in [1.165, 1.54) is 24.5 Å². The first-order valence-corrected chi connectivity index (χ1v) is 10.2. The van der Waals surface area contributed by atoms with Gasteiger partial charge in [-0.25, -0.2) is 4.79 Å². The molecular formula is C24H17N3O7. The third-order valence-electron chi connectivity index (χ3n) is 5.24. The second-order valence-electron chi connectivity index (χ2n) is 7.35. The van der Waals surface area contributed by atoms with Gasteiger partial charge in [0, 0.05) is 5.56 Å². The number of rotatable bonds is 7. The minimum Gasteiger partial charge on any atom is -0.497 e. The minimum absolute atomic E-state index is 0.00676. The van der Waals surface area contributed by atoms with Crippen LogP contribution >= 0.6 is 0 Å². The summed E-state index contributed by atoms with van der Waals surface area (Å²) in [6, 6.07) is 14.6. The number of aromatic nitrogens is 2. The zero-order valence-corrected chi connectivity index (χ0v) is 17.9. The van der Waals surface area contributed by atoms with Crippen LogP contribution in [0, 0.1) is 0 Å². The van der Waals surface area contributed by atoms with E-state index in [1.807, 2.05) is 0 Å². The first-order valence-electron chi connectivity index (χ1n) is 10.2. The van der Waals surface area contributed by atoms with Crippen molar-refractivity contribution >= 4 is 17.8 Å². The van der Waals surface area contributed by atoms with Crippen LogP contribution in [0.25, 0.3) is 11.4 Å². The van der Waals surface area contributed by atoms with Crippen LogP contribution in [-0.2, 0) is 17.9 Å². The number of benzene rings is 2. The van der Waals surface area contributed by atoms with Crippen molar-refractivity contribution in [1.29, 1.82) is 0 Å². The van der Waals surface area contributed by atoms with Crippen LogP contribution in [0.4, 0.5) is 0 Å². The lowest BCUT2D eigenvalue weighted by Crippen LogP contribution is -2.28. The molecule has 0 saturated heterocycles. The van der Waals surface area contributed by atoms with Gasteiger partial charge in [0.1, 0.15) is 11.5 Å². The zero-order chi connectivity index (χ0) is 23.7. The fraction of sp³-hybridized carbons (Fsp3) is 0.125. The Morgan fingerprint density at radius 2 is 1.82 bits per heavy atom. The Morgan fingerprint density at radius 1 is 1.03 bits per heavy atom. The van der Waals surface area contributed by atoms with Gasteiger partial charge in [0.25, 0.3) is 17.7 Å². The molecule has 10 nitrogen and oxygen atoms in total. The maximum absolute atomic E-state index is 12.7. The highest BCUT2D eigenvalue weighted by Crippen LogP contribution is 2.26. The van der Waals surface area contributed by atoms with E-state index in [0.29, 0.717) is 22.9 Å². The molecule has 4 aromatic rings. The highest BCUT2D eigenvalue weighted by molar-refractivity contribution is 6.21. The van der Waals surface area contributed by atoms with Crippen LogP contribution in [0.3, 0.4) is 0 Å². The summed E-state index contributed by atoms with van der Waals surface area (Å²) in [7, 11) is 1.57. The van der Waals surface area contributed by atoms with E-state index in [-0.39, 0.29) is 35.7 Å². The highest BCUT2D eigenvalue weighted by Gasteiger charge is 2.36. The van der Waals surface area contributed by atoms with Gasteiger partial charge in [-0.05, 0) is 54.6 Å². The standard InChI is InChI=1S/C24H17N3O7/c1-31-16-7-4-14(5-8-16)21-25-20(34-26-21)13-33-24(30)15-6-9-18-19(11-15)23(29)27(22(18)28)12-17-3-2-10-32-17/h2-11H,12-13H2,1H3. The van der Waals surface area contributed by atoms with E-state index in [1.54, 1.807) is 43.5 Å². The molecule has 0 fully saturated rings. The number of esters is 1. The van der Waals surface area contributed by atoms with E-state index >= 15 is 0 Å². The summed E-state index contributed by atoms with van der Waals surface area (Å²) in [6.07, 6.45) is 1.46. The molecule has 34 heavy (non-hydrogen) atoms. The second-order valence-corrected chi connectivity index (χ2v) is 7.35. The Bertz CT molecular complexity index is 1370. The van der Waals surface area contributed by atoms with Crippen molar-refractivity contribution in [3.05, 3.63) is 89.2 Å². The normalized spacial score (nSPS) is 12.7. The molecule has 2 amide bonds. The van der Waals surface area contributed by atoms with Crippen molar-refractivity contribution in [3.8, 4) is 17.1 Å². The van der Waals surface area contributed by atoms with Gasteiger partial charge in [0.2, 0.25) is 5.82 Å². The number of carbonyl (C=O) groups is 3. The number of hydrogen-bond acceptors (Lipinski definition) is 9. The average Bonchev–Trinajstić information content (AvgIpc) is 3.61. The predicted molar refractivity (Wildman–Crippen MR) is 115 cm³/mol. The smallest absolute Gasteiger partial charge is 0.338 e. The van der Waals surface area contributed by atoms with E-state index in [0.717, 1.165) is 4.90 Å². The molecule has 0 radical (unpaired) electrons. The predicted octanol–water partition coefficient (Wildman–Crippen LogP) is 3.49. The van der Waals surface area contributed by atoms with Gasteiger partial charge >= 0.3 is 5.97 Å². The third-order valence-corrected chi connectivity index (χ3v) is 5.24. The van der Waals surface area contributed by atoms with Crippen molar-refractivity contribution in [3.63, 3.8) is 0 Å². The lowest BCUT2D eigenvalue weighted by atomic mass is 10.1. The second kappa shape index (κ2) is 8.66. The van der Waals surface area contributed by atoms with Gasteiger partial charge in [0.15, 0.2) is 6.61 Å². The number of hydrogen-bond donors (Lipinski definition) is 0. The molecular weight excluding hydrogens is 442 g/mol. The highest BCUT2D eigenvalue weighted by atomic mass is 16.6. The molecule has 0 aliphatic carbocycles. The van der Waals surface area contributed by atoms with Gasteiger partial charge in [-0.3, -0.25) is 14.5 Å². The summed E-state index contributed by atoms with van der Waals surface area (Å²) < 4.78 is 20.7. The van der Waals surface area contributed by atoms with Crippen LogP contribution in [0.1, 0.15) is 42.7 Å². The third kappa shape index (κ3) is 3.92. The number of amides is 2. The van der Waals surface area contributed by atoms with E-state index in [9.17, 15) is 14.4 Å². The molecule has 0 N–H and O–H groups in total. The fourth-order valence-electron chi connectivity index (χ4n) is 3.50. The van der Waals surface area contributed by atoms with Gasteiger partial charge in [-0.1, -0.05) is 5.16 Å². The quantitative estimate of drug-likeness (QED) is 0.302. The summed E-state index contributed by atoms with van der Waals surface area (Å²) in [5.41, 5.74) is 1.18. The number of fused-ring (bicyclic) bond motifs is 1. The van der Waals surface area contributed by atoms with Gasteiger partial charge in [0.05, 0.1) is 36.6 Å².